The van der Waals surface area contributed by atoms with Crippen LogP contribution < -0.4 is 14.8 Å². The number of hydrogen-bond donors (Lipinski definition) is 2. The van der Waals surface area contributed by atoms with Crippen molar-refractivity contribution in [2.45, 2.75) is 11.4 Å². The van der Waals surface area contributed by atoms with Crippen molar-refractivity contribution in [3.05, 3.63) is 48.2 Å². The summed E-state index contributed by atoms with van der Waals surface area (Å²) in [6.07, 6.45) is 1.57. The summed E-state index contributed by atoms with van der Waals surface area (Å²) in [5.74, 6) is 0.449. The lowest BCUT2D eigenvalue weighted by molar-refractivity contribution is 0.397. The number of benzene rings is 1. The first-order chi connectivity index (χ1) is 10.0. The number of ether oxygens (including phenoxy) is 1. The standard InChI is InChI=1S/C14H17N3O3S/c1-15-12-3-5-13(6-4-12)21(18,19)17-10-11-7-8-16-14(9-11)20-2/h3-9,15,17H,10H2,1-2H3. The number of aromatic nitrogens is 1. The van der Waals surface area contributed by atoms with Crippen LogP contribution in [0.2, 0.25) is 0 Å². The number of nitrogens with one attached hydrogen (secondary N) is 2. The molecule has 112 valence electrons. The third-order valence-corrected chi connectivity index (χ3v) is 4.35. The summed E-state index contributed by atoms with van der Waals surface area (Å²) in [7, 11) is -0.252. The minimum Gasteiger partial charge on any atom is -0.481 e. The van der Waals surface area contributed by atoms with E-state index in [1.54, 1.807) is 49.6 Å². The highest BCUT2D eigenvalue weighted by Crippen LogP contribution is 2.14. The zero-order valence-corrected chi connectivity index (χ0v) is 12.6. The molecule has 1 aromatic carbocycles. The largest absolute Gasteiger partial charge is 0.481 e. The molecule has 0 radical (unpaired) electrons. The van der Waals surface area contributed by atoms with Gasteiger partial charge in [0.2, 0.25) is 15.9 Å². The average molecular weight is 307 g/mol. The van der Waals surface area contributed by atoms with Gasteiger partial charge in [-0.25, -0.2) is 18.1 Å². The van der Waals surface area contributed by atoms with Crippen LogP contribution in [0.4, 0.5) is 5.69 Å². The summed E-state index contributed by atoms with van der Waals surface area (Å²) < 4.78 is 31.9. The minimum atomic E-state index is -3.54. The van der Waals surface area contributed by atoms with E-state index in [0.29, 0.717) is 5.88 Å². The summed E-state index contributed by atoms with van der Waals surface area (Å²) in [6, 6.07) is 9.96. The summed E-state index contributed by atoms with van der Waals surface area (Å²) in [6.45, 7) is 0.176. The van der Waals surface area contributed by atoms with Gasteiger partial charge in [0.1, 0.15) is 0 Å². The lowest BCUT2D eigenvalue weighted by atomic mass is 10.3. The highest BCUT2D eigenvalue weighted by atomic mass is 32.2. The molecule has 0 atom stereocenters. The molecule has 0 fully saturated rings. The van der Waals surface area contributed by atoms with Gasteiger partial charge in [-0.2, -0.15) is 0 Å². The molecule has 2 N–H and O–H groups in total. The first-order valence-corrected chi connectivity index (χ1v) is 7.80. The Bertz CT molecular complexity index is 700. The van der Waals surface area contributed by atoms with Crippen molar-refractivity contribution in [1.82, 2.24) is 9.71 Å². The second-order valence-corrected chi connectivity index (χ2v) is 6.07. The summed E-state index contributed by atoms with van der Waals surface area (Å²) in [5, 5.41) is 2.94. The van der Waals surface area contributed by atoms with Gasteiger partial charge >= 0.3 is 0 Å². The Kier molecular flexibility index (Phi) is 4.77. The number of nitrogens with zero attached hydrogens (tertiary/aromatic N) is 1. The molecule has 1 heterocycles. The number of sulfonamides is 1. The molecule has 6 nitrogen and oxygen atoms in total. The molecule has 0 aliphatic heterocycles. The maximum absolute atomic E-state index is 12.2. The van der Waals surface area contributed by atoms with Gasteiger partial charge in [-0.3, -0.25) is 0 Å². The van der Waals surface area contributed by atoms with Gasteiger partial charge in [0.15, 0.2) is 0 Å². The summed E-state index contributed by atoms with van der Waals surface area (Å²) >= 11 is 0. The SMILES string of the molecule is CNc1ccc(S(=O)(=O)NCc2ccnc(OC)c2)cc1. The zero-order chi connectivity index (χ0) is 15.3. The van der Waals surface area contributed by atoms with Crippen LogP contribution in [-0.4, -0.2) is 27.6 Å². The lowest BCUT2D eigenvalue weighted by Crippen LogP contribution is -2.23. The van der Waals surface area contributed by atoms with Crippen LogP contribution in [0.3, 0.4) is 0 Å². The van der Waals surface area contributed by atoms with E-state index in [0.717, 1.165) is 11.3 Å². The van der Waals surface area contributed by atoms with Crippen molar-refractivity contribution in [3.63, 3.8) is 0 Å². The Morgan fingerprint density at radius 1 is 1.19 bits per heavy atom. The predicted octanol–water partition coefficient (Wildman–Crippen LogP) is 1.61. The van der Waals surface area contributed by atoms with Crippen molar-refractivity contribution >= 4 is 15.7 Å². The number of anilines is 1. The fraction of sp³-hybridized carbons (Fsp3) is 0.214. The van der Waals surface area contributed by atoms with E-state index in [9.17, 15) is 8.42 Å². The zero-order valence-electron chi connectivity index (χ0n) is 11.8. The molecule has 2 aromatic rings. The van der Waals surface area contributed by atoms with E-state index in [1.165, 1.54) is 7.11 Å². The van der Waals surface area contributed by atoms with Crippen LogP contribution in [0, 0.1) is 0 Å². The molecule has 0 saturated heterocycles. The van der Waals surface area contributed by atoms with Crippen LogP contribution in [0.25, 0.3) is 0 Å². The van der Waals surface area contributed by atoms with Crippen LogP contribution in [-0.2, 0) is 16.6 Å². The monoisotopic (exact) mass is 307 g/mol. The van der Waals surface area contributed by atoms with Crippen LogP contribution in [0.15, 0.2) is 47.5 Å². The minimum absolute atomic E-state index is 0.176. The molecule has 21 heavy (non-hydrogen) atoms. The van der Waals surface area contributed by atoms with E-state index in [2.05, 4.69) is 15.0 Å². The van der Waals surface area contributed by atoms with Crippen molar-refractivity contribution in [1.29, 1.82) is 0 Å². The summed E-state index contributed by atoms with van der Waals surface area (Å²) in [5.41, 5.74) is 1.63. The number of rotatable bonds is 6. The van der Waals surface area contributed by atoms with Gasteiger partial charge in [-0.15, -0.1) is 0 Å². The molecule has 0 amide bonds. The van der Waals surface area contributed by atoms with Crippen molar-refractivity contribution in [3.8, 4) is 5.88 Å². The van der Waals surface area contributed by atoms with Gasteiger partial charge in [0, 0.05) is 31.5 Å². The van der Waals surface area contributed by atoms with Crippen LogP contribution in [0.5, 0.6) is 5.88 Å². The van der Waals surface area contributed by atoms with Gasteiger partial charge in [-0.05, 0) is 35.9 Å². The Morgan fingerprint density at radius 3 is 2.52 bits per heavy atom. The maximum atomic E-state index is 12.2. The smallest absolute Gasteiger partial charge is 0.240 e. The maximum Gasteiger partial charge on any atom is 0.240 e. The molecule has 7 heteroatoms. The molecule has 2 rings (SSSR count). The van der Waals surface area contributed by atoms with Crippen molar-refractivity contribution in [2.75, 3.05) is 19.5 Å². The fourth-order valence-corrected chi connectivity index (χ4v) is 2.75. The van der Waals surface area contributed by atoms with Gasteiger partial charge in [-0.1, -0.05) is 0 Å². The molecule has 1 aromatic heterocycles. The second-order valence-electron chi connectivity index (χ2n) is 4.31. The molecule has 0 bridgehead atoms. The van der Waals surface area contributed by atoms with E-state index >= 15 is 0 Å². The number of hydrogen-bond acceptors (Lipinski definition) is 5. The normalized spacial score (nSPS) is 11.1. The third kappa shape index (κ3) is 3.93. The highest BCUT2D eigenvalue weighted by molar-refractivity contribution is 7.89. The molecule has 0 saturated carbocycles. The summed E-state index contributed by atoms with van der Waals surface area (Å²) in [4.78, 5) is 4.20. The van der Waals surface area contributed by atoms with Crippen molar-refractivity contribution < 1.29 is 13.2 Å². The van der Waals surface area contributed by atoms with Crippen LogP contribution >= 0.6 is 0 Å². The first kappa shape index (κ1) is 15.3. The van der Waals surface area contributed by atoms with Gasteiger partial charge in [0.25, 0.3) is 0 Å². The first-order valence-electron chi connectivity index (χ1n) is 6.31. The van der Waals surface area contributed by atoms with E-state index in [1.807, 2.05) is 0 Å². The van der Waals surface area contributed by atoms with Crippen LogP contribution in [0.1, 0.15) is 5.56 Å². The van der Waals surface area contributed by atoms with E-state index in [4.69, 9.17) is 4.74 Å². The van der Waals surface area contributed by atoms with Crippen molar-refractivity contribution in [2.24, 2.45) is 0 Å². The Labute approximate surface area is 124 Å². The van der Waals surface area contributed by atoms with Gasteiger partial charge < -0.3 is 10.1 Å². The molecule has 0 aliphatic carbocycles. The molecular formula is C14H17N3O3S. The molecule has 0 spiro atoms. The Hall–Kier alpha value is -2.12. The second kappa shape index (κ2) is 6.55. The Morgan fingerprint density at radius 2 is 1.90 bits per heavy atom. The third-order valence-electron chi connectivity index (χ3n) is 2.93. The van der Waals surface area contributed by atoms with E-state index in [-0.39, 0.29) is 11.4 Å². The van der Waals surface area contributed by atoms with E-state index < -0.39 is 10.0 Å². The topological polar surface area (TPSA) is 80.3 Å². The molecular weight excluding hydrogens is 290 g/mol. The molecule has 0 unspecified atom stereocenters. The average Bonchev–Trinajstić information content (AvgIpc) is 2.53. The quantitative estimate of drug-likeness (QED) is 0.847. The number of methoxy groups -OCH3 is 1. The lowest BCUT2D eigenvalue weighted by Gasteiger charge is -2.08. The molecule has 0 aliphatic rings. The highest BCUT2D eigenvalue weighted by Gasteiger charge is 2.13. The predicted molar refractivity (Wildman–Crippen MR) is 80.8 cm³/mol. The number of pyridine rings is 1. The Balaban J connectivity index is 2.09. The van der Waals surface area contributed by atoms with Gasteiger partial charge in [0.05, 0.1) is 12.0 Å². The fourth-order valence-electron chi connectivity index (χ4n) is 1.73.